The third-order valence-electron chi connectivity index (χ3n) is 5.10. The summed E-state index contributed by atoms with van der Waals surface area (Å²) in [5.74, 6) is 0. The highest BCUT2D eigenvalue weighted by atomic mass is 16.3. The topological polar surface area (TPSA) is 60.7 Å². The molecule has 0 saturated heterocycles. The lowest BCUT2D eigenvalue weighted by atomic mass is 10.0. The third-order valence-corrected chi connectivity index (χ3v) is 5.10. The van der Waals surface area contributed by atoms with Gasteiger partial charge in [-0.3, -0.25) is 0 Å². The maximum absolute atomic E-state index is 10.3. The standard InChI is InChI=1S/C19H42NO3/c1-5-6-7-8-9-10-11-12-13-18(22)14-20(4,17(2)3)15-19(23)16-21/h17-19,21-23H,5-16H2,1-4H3/q+1. The summed E-state index contributed by atoms with van der Waals surface area (Å²) >= 11 is 0. The average molecular weight is 333 g/mol. The SMILES string of the molecule is CCCCCCCCCCC(O)C[N+](C)(CC(O)CO)C(C)C. The van der Waals surface area contributed by atoms with E-state index in [9.17, 15) is 10.2 Å². The van der Waals surface area contributed by atoms with Crippen molar-refractivity contribution in [2.75, 3.05) is 26.7 Å². The number of hydrogen-bond acceptors (Lipinski definition) is 3. The zero-order chi connectivity index (χ0) is 17.7. The van der Waals surface area contributed by atoms with Crippen molar-refractivity contribution in [2.24, 2.45) is 0 Å². The number of rotatable bonds is 15. The maximum Gasteiger partial charge on any atom is 0.126 e. The Balaban J connectivity index is 3.93. The molecule has 0 fully saturated rings. The van der Waals surface area contributed by atoms with Gasteiger partial charge in [0.1, 0.15) is 25.3 Å². The summed E-state index contributed by atoms with van der Waals surface area (Å²) in [4.78, 5) is 0. The Morgan fingerprint density at radius 1 is 0.783 bits per heavy atom. The van der Waals surface area contributed by atoms with Crippen LogP contribution in [0.15, 0.2) is 0 Å². The van der Waals surface area contributed by atoms with Crippen molar-refractivity contribution in [3.05, 3.63) is 0 Å². The van der Waals surface area contributed by atoms with Gasteiger partial charge in [-0.25, -0.2) is 0 Å². The van der Waals surface area contributed by atoms with Gasteiger partial charge in [0.2, 0.25) is 0 Å². The first-order chi connectivity index (χ1) is 10.9. The van der Waals surface area contributed by atoms with E-state index >= 15 is 0 Å². The predicted molar refractivity (Wildman–Crippen MR) is 97.4 cm³/mol. The Labute approximate surface area is 144 Å². The van der Waals surface area contributed by atoms with Crippen molar-refractivity contribution in [1.82, 2.24) is 0 Å². The Hall–Kier alpha value is -0.160. The molecule has 0 spiro atoms. The van der Waals surface area contributed by atoms with Crippen LogP contribution in [0.1, 0.15) is 78.6 Å². The molecule has 0 amide bonds. The highest BCUT2D eigenvalue weighted by Crippen LogP contribution is 2.16. The predicted octanol–water partition coefficient (Wildman–Crippen LogP) is 3.09. The second kappa shape index (κ2) is 13.2. The summed E-state index contributed by atoms with van der Waals surface area (Å²) < 4.78 is 0.597. The Morgan fingerprint density at radius 2 is 1.26 bits per heavy atom. The Morgan fingerprint density at radius 3 is 1.74 bits per heavy atom. The van der Waals surface area contributed by atoms with Gasteiger partial charge in [0.05, 0.1) is 19.7 Å². The van der Waals surface area contributed by atoms with E-state index in [2.05, 4.69) is 27.8 Å². The number of hydrogen-bond donors (Lipinski definition) is 3. The van der Waals surface area contributed by atoms with E-state index in [1.165, 1.54) is 44.9 Å². The molecule has 0 rings (SSSR count). The smallest absolute Gasteiger partial charge is 0.126 e. The Bertz CT molecular complexity index is 273. The zero-order valence-electron chi connectivity index (χ0n) is 16.0. The van der Waals surface area contributed by atoms with Gasteiger partial charge in [0.25, 0.3) is 0 Å². The molecule has 0 aliphatic heterocycles. The first-order valence-electron chi connectivity index (χ1n) is 9.67. The molecular weight excluding hydrogens is 290 g/mol. The molecule has 0 aliphatic rings. The zero-order valence-corrected chi connectivity index (χ0v) is 16.0. The lowest BCUT2D eigenvalue weighted by Crippen LogP contribution is -2.57. The summed E-state index contributed by atoms with van der Waals surface area (Å²) in [5, 5.41) is 29.1. The van der Waals surface area contributed by atoms with Crippen molar-refractivity contribution in [1.29, 1.82) is 0 Å². The fourth-order valence-electron chi connectivity index (χ4n) is 3.12. The van der Waals surface area contributed by atoms with Crippen molar-refractivity contribution < 1.29 is 19.8 Å². The van der Waals surface area contributed by atoms with Crippen LogP contribution in [0.5, 0.6) is 0 Å². The minimum Gasteiger partial charge on any atom is -0.393 e. The van der Waals surface area contributed by atoms with Crippen LogP contribution in [0.4, 0.5) is 0 Å². The molecule has 0 aromatic heterocycles. The van der Waals surface area contributed by atoms with E-state index in [1.54, 1.807) is 0 Å². The minimum absolute atomic E-state index is 0.214. The van der Waals surface area contributed by atoms with Crippen LogP contribution in [0, 0.1) is 0 Å². The van der Waals surface area contributed by atoms with Crippen LogP contribution in [-0.2, 0) is 0 Å². The quantitative estimate of drug-likeness (QED) is 0.319. The molecule has 3 unspecified atom stereocenters. The van der Waals surface area contributed by atoms with Crippen molar-refractivity contribution >= 4 is 0 Å². The molecular formula is C19H42NO3+. The highest BCUT2D eigenvalue weighted by Gasteiger charge is 2.31. The van der Waals surface area contributed by atoms with E-state index in [0.717, 1.165) is 12.8 Å². The van der Waals surface area contributed by atoms with Crippen LogP contribution < -0.4 is 0 Å². The minimum atomic E-state index is -0.710. The molecule has 0 radical (unpaired) electrons. The molecule has 4 nitrogen and oxygen atoms in total. The first-order valence-corrected chi connectivity index (χ1v) is 9.67. The van der Waals surface area contributed by atoms with E-state index in [0.29, 0.717) is 23.6 Å². The second-order valence-electron chi connectivity index (χ2n) is 7.69. The van der Waals surface area contributed by atoms with Gasteiger partial charge in [-0.15, -0.1) is 0 Å². The van der Waals surface area contributed by atoms with Crippen LogP contribution >= 0.6 is 0 Å². The normalized spacial score (nSPS) is 17.2. The number of nitrogens with zero attached hydrogens (tertiary/aromatic N) is 1. The van der Waals surface area contributed by atoms with E-state index in [1.807, 2.05) is 0 Å². The molecule has 3 atom stereocenters. The lowest BCUT2D eigenvalue weighted by Gasteiger charge is -2.41. The largest absolute Gasteiger partial charge is 0.393 e. The monoisotopic (exact) mass is 332 g/mol. The van der Waals surface area contributed by atoms with Crippen molar-refractivity contribution in [3.8, 4) is 0 Å². The average Bonchev–Trinajstić information content (AvgIpc) is 2.49. The summed E-state index contributed by atoms with van der Waals surface area (Å²) in [7, 11) is 2.06. The summed E-state index contributed by atoms with van der Waals surface area (Å²) in [6.45, 7) is 7.37. The van der Waals surface area contributed by atoms with Crippen LogP contribution in [0.2, 0.25) is 0 Å². The summed E-state index contributed by atoms with van der Waals surface area (Å²) in [6, 6.07) is 0.310. The molecule has 140 valence electrons. The van der Waals surface area contributed by atoms with Crippen LogP contribution in [0.3, 0.4) is 0 Å². The number of unbranched alkanes of at least 4 members (excludes halogenated alkanes) is 7. The molecule has 0 aromatic carbocycles. The molecule has 0 saturated carbocycles. The summed E-state index contributed by atoms with van der Waals surface area (Å²) in [6.07, 6.45) is 10.0. The van der Waals surface area contributed by atoms with Gasteiger partial charge < -0.3 is 19.8 Å². The van der Waals surface area contributed by atoms with Gasteiger partial charge in [0, 0.05) is 0 Å². The number of aliphatic hydroxyl groups is 3. The fraction of sp³-hybridized carbons (Fsp3) is 1.00. The van der Waals surface area contributed by atoms with Gasteiger partial charge in [0.15, 0.2) is 0 Å². The van der Waals surface area contributed by atoms with Crippen molar-refractivity contribution in [3.63, 3.8) is 0 Å². The molecule has 0 aromatic rings. The molecule has 3 N–H and O–H groups in total. The summed E-state index contributed by atoms with van der Waals surface area (Å²) in [5.41, 5.74) is 0. The van der Waals surface area contributed by atoms with Gasteiger partial charge >= 0.3 is 0 Å². The number of aliphatic hydroxyl groups excluding tert-OH is 3. The molecule has 0 bridgehead atoms. The second-order valence-corrected chi connectivity index (χ2v) is 7.69. The number of likely N-dealkylation sites (N-methyl/N-ethyl adjacent to an activating group) is 1. The van der Waals surface area contributed by atoms with E-state index < -0.39 is 6.10 Å². The highest BCUT2D eigenvalue weighted by molar-refractivity contribution is 4.61. The van der Waals surface area contributed by atoms with Crippen molar-refractivity contribution in [2.45, 2.75) is 96.8 Å². The van der Waals surface area contributed by atoms with Gasteiger partial charge in [-0.1, -0.05) is 58.3 Å². The third kappa shape index (κ3) is 11.1. The van der Waals surface area contributed by atoms with Gasteiger partial charge in [-0.05, 0) is 20.3 Å². The van der Waals surface area contributed by atoms with E-state index in [-0.39, 0.29) is 12.7 Å². The van der Waals surface area contributed by atoms with Crippen LogP contribution in [-0.4, -0.2) is 64.8 Å². The fourth-order valence-corrected chi connectivity index (χ4v) is 3.12. The Kier molecular flexibility index (Phi) is 13.1. The first kappa shape index (κ1) is 22.8. The van der Waals surface area contributed by atoms with E-state index in [4.69, 9.17) is 5.11 Å². The molecule has 0 aliphatic carbocycles. The molecule has 23 heavy (non-hydrogen) atoms. The lowest BCUT2D eigenvalue weighted by molar-refractivity contribution is -0.935. The number of quaternary nitrogens is 1. The van der Waals surface area contributed by atoms with Gasteiger partial charge in [-0.2, -0.15) is 0 Å². The molecule has 4 heteroatoms. The molecule has 0 heterocycles. The maximum atomic E-state index is 10.3. The van der Waals surface area contributed by atoms with Crippen LogP contribution in [0.25, 0.3) is 0 Å².